The number of halogens is 3. The highest BCUT2D eigenvalue weighted by molar-refractivity contribution is 5.97. The largest absolute Gasteiger partial charge is 0.461 e. The van der Waals surface area contributed by atoms with Gasteiger partial charge in [0.1, 0.15) is 12.0 Å². The highest BCUT2D eigenvalue weighted by Crippen LogP contribution is 2.32. The van der Waals surface area contributed by atoms with Gasteiger partial charge in [-0.2, -0.15) is 13.2 Å². The third-order valence-corrected chi connectivity index (χ3v) is 5.51. The maximum absolute atomic E-state index is 12.7. The molecular formula is C19H18F3N3O2. The summed E-state index contributed by atoms with van der Waals surface area (Å²) in [4.78, 5) is 19.1. The van der Waals surface area contributed by atoms with Crippen molar-refractivity contribution in [3.63, 3.8) is 0 Å². The first-order valence-electron chi connectivity index (χ1n) is 8.84. The van der Waals surface area contributed by atoms with Gasteiger partial charge in [-0.15, -0.1) is 0 Å². The smallest absolute Gasteiger partial charge is 0.458 e. The summed E-state index contributed by atoms with van der Waals surface area (Å²) in [6.45, 7) is 4.21. The Morgan fingerprint density at radius 3 is 2.78 bits per heavy atom. The zero-order chi connectivity index (χ0) is 19.2. The number of pyridine rings is 1. The van der Waals surface area contributed by atoms with Gasteiger partial charge in [-0.3, -0.25) is 9.69 Å². The Morgan fingerprint density at radius 2 is 2.11 bits per heavy atom. The van der Waals surface area contributed by atoms with Crippen LogP contribution in [0.4, 0.5) is 13.2 Å². The quantitative estimate of drug-likeness (QED) is 0.818. The lowest BCUT2D eigenvalue weighted by atomic mass is 9.79. The molecule has 3 aliphatic rings. The lowest BCUT2D eigenvalue weighted by Gasteiger charge is -2.49. The number of amides is 1. The fraction of sp³-hybridized carbons (Fsp3) is 0.474. The zero-order valence-electron chi connectivity index (χ0n) is 14.6. The van der Waals surface area contributed by atoms with Crippen LogP contribution in [0.2, 0.25) is 0 Å². The van der Waals surface area contributed by atoms with Gasteiger partial charge in [0.2, 0.25) is 0 Å². The lowest BCUT2D eigenvalue weighted by Crippen LogP contribution is -2.62. The summed E-state index contributed by atoms with van der Waals surface area (Å²) in [5.41, 5.74) is 0.506. The molecule has 27 heavy (non-hydrogen) atoms. The Kier molecular flexibility index (Phi) is 4.35. The van der Waals surface area contributed by atoms with Gasteiger partial charge in [0.05, 0.1) is 11.8 Å². The number of alkyl halides is 3. The highest BCUT2D eigenvalue weighted by Gasteiger charge is 2.40. The van der Waals surface area contributed by atoms with Crippen LogP contribution in [-0.4, -0.2) is 47.1 Å². The van der Waals surface area contributed by atoms with Crippen LogP contribution in [0.1, 0.15) is 35.8 Å². The molecule has 8 heteroatoms. The van der Waals surface area contributed by atoms with Crippen molar-refractivity contribution in [2.75, 3.05) is 13.1 Å². The second-order valence-corrected chi connectivity index (χ2v) is 7.08. The first-order valence-corrected chi connectivity index (χ1v) is 8.84. The van der Waals surface area contributed by atoms with E-state index in [1.165, 1.54) is 18.2 Å². The normalized spacial score (nSPS) is 27.3. The number of nitrogens with one attached hydrogen (secondary N) is 1. The molecule has 5 rings (SSSR count). The van der Waals surface area contributed by atoms with E-state index >= 15 is 0 Å². The van der Waals surface area contributed by atoms with Crippen LogP contribution in [-0.2, 0) is 0 Å². The monoisotopic (exact) mass is 377 g/mol. The standard InChI is InChI=1S/C19H18F3N3O2/c1-11-17(12-3-6-25(11)7-4-12)24-18(26)15-8-14-13(2-5-19(20,21)22)10-27-16(14)9-23-15/h8-12,17H,3-4,6-7H2,1H3,(H,24,26)/t11-,17-/m0/s1. The topological polar surface area (TPSA) is 58.4 Å². The fourth-order valence-corrected chi connectivity index (χ4v) is 4.06. The van der Waals surface area contributed by atoms with Crippen LogP contribution in [0, 0.1) is 17.8 Å². The molecule has 2 aromatic heterocycles. The molecule has 2 aromatic rings. The van der Waals surface area contributed by atoms with Crippen molar-refractivity contribution in [1.82, 2.24) is 15.2 Å². The molecule has 5 heterocycles. The minimum absolute atomic E-state index is 0.0475. The molecule has 0 saturated carbocycles. The molecule has 0 spiro atoms. The number of rotatable bonds is 2. The van der Waals surface area contributed by atoms with Crippen molar-refractivity contribution in [1.29, 1.82) is 0 Å². The van der Waals surface area contributed by atoms with Crippen molar-refractivity contribution in [3.05, 3.63) is 29.8 Å². The molecule has 0 unspecified atom stereocenters. The van der Waals surface area contributed by atoms with E-state index in [1.807, 2.05) is 5.92 Å². The molecule has 3 aliphatic heterocycles. The molecule has 2 atom stereocenters. The van der Waals surface area contributed by atoms with Gasteiger partial charge in [0.15, 0.2) is 5.58 Å². The van der Waals surface area contributed by atoms with E-state index in [1.54, 1.807) is 0 Å². The molecule has 1 amide bonds. The van der Waals surface area contributed by atoms with E-state index in [9.17, 15) is 18.0 Å². The minimum atomic E-state index is -4.59. The average Bonchev–Trinajstić information content (AvgIpc) is 3.05. The molecule has 1 N–H and O–H groups in total. The predicted molar refractivity (Wildman–Crippen MR) is 92.0 cm³/mol. The van der Waals surface area contributed by atoms with Gasteiger partial charge in [-0.05, 0) is 44.8 Å². The average molecular weight is 377 g/mol. The number of carbonyl (C=O) groups is 1. The lowest BCUT2D eigenvalue weighted by molar-refractivity contribution is -0.0696. The zero-order valence-corrected chi connectivity index (χ0v) is 14.6. The van der Waals surface area contributed by atoms with Gasteiger partial charge >= 0.3 is 6.18 Å². The summed E-state index contributed by atoms with van der Waals surface area (Å²) >= 11 is 0. The number of hydrogen-bond donors (Lipinski definition) is 1. The maximum atomic E-state index is 12.7. The number of hydrogen-bond acceptors (Lipinski definition) is 4. The Morgan fingerprint density at radius 1 is 1.37 bits per heavy atom. The molecule has 142 valence electrons. The number of piperidine rings is 3. The van der Waals surface area contributed by atoms with Crippen LogP contribution >= 0.6 is 0 Å². The Balaban J connectivity index is 1.58. The summed E-state index contributed by atoms with van der Waals surface area (Å²) in [7, 11) is 0. The van der Waals surface area contributed by atoms with E-state index in [4.69, 9.17) is 4.42 Å². The van der Waals surface area contributed by atoms with Crippen molar-refractivity contribution >= 4 is 16.9 Å². The van der Waals surface area contributed by atoms with Crippen LogP contribution < -0.4 is 5.32 Å². The van der Waals surface area contributed by atoms with Crippen molar-refractivity contribution in [3.8, 4) is 11.8 Å². The highest BCUT2D eigenvalue weighted by atomic mass is 19.4. The third kappa shape index (κ3) is 3.52. The van der Waals surface area contributed by atoms with E-state index in [-0.39, 0.29) is 34.8 Å². The van der Waals surface area contributed by atoms with Gasteiger partial charge in [0, 0.05) is 23.4 Å². The van der Waals surface area contributed by atoms with Crippen molar-refractivity contribution < 1.29 is 22.4 Å². The number of furan rings is 1. The van der Waals surface area contributed by atoms with E-state index in [0.717, 1.165) is 32.2 Å². The van der Waals surface area contributed by atoms with E-state index in [0.29, 0.717) is 11.3 Å². The summed E-state index contributed by atoms with van der Waals surface area (Å²) in [6.07, 6.45) is -0.00486. The second kappa shape index (κ2) is 6.57. The van der Waals surface area contributed by atoms with E-state index < -0.39 is 6.18 Å². The molecule has 3 saturated heterocycles. The van der Waals surface area contributed by atoms with Gasteiger partial charge in [-0.1, -0.05) is 5.92 Å². The molecular weight excluding hydrogens is 359 g/mol. The van der Waals surface area contributed by atoms with Crippen molar-refractivity contribution in [2.24, 2.45) is 5.92 Å². The Labute approximate surface area is 153 Å². The van der Waals surface area contributed by atoms with Crippen molar-refractivity contribution in [2.45, 2.75) is 38.0 Å². The number of fused-ring (bicyclic) bond motifs is 4. The van der Waals surface area contributed by atoms with Gasteiger partial charge in [-0.25, -0.2) is 4.98 Å². The summed E-state index contributed by atoms with van der Waals surface area (Å²) in [5.74, 6) is 3.38. The fourth-order valence-electron chi connectivity index (χ4n) is 4.06. The van der Waals surface area contributed by atoms with Gasteiger partial charge in [0.25, 0.3) is 5.91 Å². The SMILES string of the molecule is C[C@H]1[C@H](NC(=O)c2cc3c(C#CC(F)(F)F)coc3cn2)C2CCN1CC2. The van der Waals surface area contributed by atoms with Crippen LogP contribution in [0.3, 0.4) is 0 Å². The maximum Gasteiger partial charge on any atom is 0.458 e. The first kappa shape index (κ1) is 17.9. The van der Waals surface area contributed by atoms with E-state index in [2.05, 4.69) is 22.1 Å². The molecule has 0 aromatic carbocycles. The first-order chi connectivity index (χ1) is 12.8. The molecule has 0 radical (unpaired) electrons. The predicted octanol–water partition coefficient (Wildman–Crippen LogP) is 2.95. The Hall–Kier alpha value is -2.53. The minimum Gasteiger partial charge on any atom is -0.461 e. The van der Waals surface area contributed by atoms with Gasteiger partial charge < -0.3 is 9.73 Å². The van der Waals surface area contributed by atoms with Crippen LogP contribution in [0.5, 0.6) is 0 Å². The third-order valence-electron chi connectivity index (χ3n) is 5.51. The summed E-state index contributed by atoms with van der Waals surface area (Å²) < 4.78 is 42.2. The van der Waals surface area contributed by atoms with Crippen LogP contribution in [0.25, 0.3) is 11.0 Å². The summed E-state index contributed by atoms with van der Waals surface area (Å²) in [5, 5.41) is 3.40. The molecule has 2 bridgehead atoms. The molecule has 0 aliphatic carbocycles. The second-order valence-electron chi connectivity index (χ2n) is 7.08. The number of nitrogens with zero attached hydrogens (tertiary/aromatic N) is 2. The Bertz CT molecular complexity index is 931. The molecule has 3 fully saturated rings. The summed E-state index contributed by atoms with van der Waals surface area (Å²) in [6, 6.07) is 1.74. The number of carbonyl (C=O) groups excluding carboxylic acids is 1. The number of aromatic nitrogens is 1. The molecule has 5 nitrogen and oxygen atoms in total. The van der Waals surface area contributed by atoms with Crippen LogP contribution in [0.15, 0.2) is 22.9 Å².